The number of hydrogen-bond donors (Lipinski definition) is 2. The van der Waals surface area contributed by atoms with Gasteiger partial charge in [0, 0.05) is 16.6 Å². The molecule has 2 aromatic carbocycles. The van der Waals surface area contributed by atoms with Crippen LogP contribution in [0.5, 0.6) is 0 Å². The Labute approximate surface area is 164 Å². The number of hydrogen-bond acceptors (Lipinski definition) is 9. The molecule has 2 N–H and O–H groups in total. The Morgan fingerprint density at radius 1 is 0.966 bits per heavy atom. The minimum atomic E-state index is -5.12. The molecule has 3 rings (SSSR count). The third kappa shape index (κ3) is 3.40. The maximum Gasteiger partial charge on any atom is 0.295 e. The van der Waals surface area contributed by atoms with Crippen LogP contribution in [0.1, 0.15) is 17.2 Å². The zero-order chi connectivity index (χ0) is 21.9. The summed E-state index contributed by atoms with van der Waals surface area (Å²) in [7, 11) is -12.6. The number of benzene rings is 2. The summed E-state index contributed by atoms with van der Waals surface area (Å²) in [5.74, 6) is 0. The van der Waals surface area contributed by atoms with Gasteiger partial charge in [-0.3, -0.25) is 29.3 Å². The van der Waals surface area contributed by atoms with Crippen LogP contribution in [0.15, 0.2) is 49.9 Å². The zero-order valence-corrected chi connectivity index (χ0v) is 16.1. The van der Waals surface area contributed by atoms with Gasteiger partial charge in [-0.05, 0) is 24.3 Å². The van der Waals surface area contributed by atoms with Gasteiger partial charge < -0.3 is 0 Å². The molecule has 0 radical (unpaired) electrons. The first-order chi connectivity index (χ1) is 13.2. The third-order valence-electron chi connectivity index (χ3n) is 4.06. The van der Waals surface area contributed by atoms with Gasteiger partial charge in [0.15, 0.2) is 0 Å². The first-order valence-corrected chi connectivity index (χ1v) is 11.2. The van der Waals surface area contributed by atoms with Gasteiger partial charge >= 0.3 is 0 Å². The Hall–Kier alpha value is -2.79. The summed E-state index contributed by atoms with van der Waals surface area (Å²) in [6, 6.07) is 1.34. The SMILES string of the molecule is O=[N+]([O-])c1ccc(S(=O)(=O)O)c2c1C([N+](=O)[O-])c1ccc(S(=O)(=O)O)cc1S2=O. The highest BCUT2D eigenvalue weighted by molar-refractivity contribution is 7.89. The van der Waals surface area contributed by atoms with Gasteiger partial charge in [0.2, 0.25) is 0 Å². The molecule has 2 aromatic rings. The van der Waals surface area contributed by atoms with Crippen molar-refractivity contribution in [2.75, 3.05) is 0 Å². The molecule has 13 nitrogen and oxygen atoms in total. The molecule has 0 spiro atoms. The first-order valence-electron chi connectivity index (χ1n) is 7.20. The normalized spacial score (nSPS) is 18.6. The number of rotatable bonds is 4. The molecule has 0 amide bonds. The smallest absolute Gasteiger partial charge is 0.282 e. The standard InChI is InChI=1S/C13H8N2O11S3/c16-14(17)8-3-4-10(29(24,25)26)13-11(8)12(15(18)19)7-2-1-6(28(21,22)23)5-9(7)27(13)20/h1-5,12H,(H,21,22,23)(H,24,25,26). The molecule has 154 valence electrons. The largest absolute Gasteiger partial charge is 0.295 e. The highest BCUT2D eigenvalue weighted by Crippen LogP contribution is 2.47. The summed E-state index contributed by atoms with van der Waals surface area (Å²) in [4.78, 5) is 17.7. The Morgan fingerprint density at radius 2 is 1.59 bits per heavy atom. The lowest BCUT2D eigenvalue weighted by atomic mass is 9.97. The van der Waals surface area contributed by atoms with E-state index in [-0.39, 0.29) is 0 Å². The summed E-state index contributed by atoms with van der Waals surface area (Å²) in [6.07, 6.45) is 0. The van der Waals surface area contributed by atoms with Crippen molar-refractivity contribution in [3.05, 3.63) is 61.7 Å². The fourth-order valence-electron chi connectivity index (χ4n) is 2.93. The van der Waals surface area contributed by atoms with Crippen LogP contribution in [0.3, 0.4) is 0 Å². The van der Waals surface area contributed by atoms with E-state index in [4.69, 9.17) is 4.55 Å². The molecule has 0 saturated carbocycles. The Morgan fingerprint density at radius 3 is 2.07 bits per heavy atom. The zero-order valence-electron chi connectivity index (χ0n) is 13.7. The molecule has 0 aliphatic carbocycles. The van der Waals surface area contributed by atoms with Crippen LogP contribution in [0.4, 0.5) is 5.69 Å². The van der Waals surface area contributed by atoms with Crippen LogP contribution in [-0.4, -0.2) is 40.0 Å². The minimum Gasteiger partial charge on any atom is -0.282 e. The second kappa shape index (κ2) is 6.63. The van der Waals surface area contributed by atoms with E-state index in [0.29, 0.717) is 18.2 Å². The molecule has 1 aliphatic heterocycles. The lowest BCUT2D eigenvalue weighted by molar-refractivity contribution is -0.520. The molecule has 29 heavy (non-hydrogen) atoms. The van der Waals surface area contributed by atoms with Crippen LogP contribution in [0, 0.1) is 20.2 Å². The Bertz CT molecular complexity index is 1330. The molecule has 2 atom stereocenters. The average molecular weight is 464 g/mol. The second-order valence-corrected chi connectivity index (χ2v) is 9.89. The van der Waals surface area contributed by atoms with Crippen molar-refractivity contribution < 1.29 is 40.0 Å². The van der Waals surface area contributed by atoms with E-state index in [1.165, 1.54) is 0 Å². The van der Waals surface area contributed by atoms with Gasteiger partial charge in [0.05, 0.1) is 30.4 Å². The van der Waals surface area contributed by atoms with Crippen LogP contribution >= 0.6 is 0 Å². The van der Waals surface area contributed by atoms with Gasteiger partial charge in [0.1, 0.15) is 10.5 Å². The summed E-state index contributed by atoms with van der Waals surface area (Å²) in [5.41, 5.74) is -2.13. The van der Waals surface area contributed by atoms with Crippen molar-refractivity contribution in [1.82, 2.24) is 0 Å². The summed E-state index contributed by atoms with van der Waals surface area (Å²) in [6.45, 7) is 0. The van der Waals surface area contributed by atoms with E-state index >= 15 is 0 Å². The van der Waals surface area contributed by atoms with E-state index in [0.717, 1.165) is 12.1 Å². The molecule has 0 saturated heterocycles. The fourth-order valence-corrected chi connectivity index (χ4v) is 6.16. The highest BCUT2D eigenvalue weighted by Gasteiger charge is 2.46. The predicted octanol–water partition coefficient (Wildman–Crippen LogP) is 0.934. The molecular formula is C13H8N2O11S3. The van der Waals surface area contributed by atoms with Gasteiger partial charge in [-0.25, -0.2) is 4.21 Å². The highest BCUT2D eigenvalue weighted by atomic mass is 32.2. The van der Waals surface area contributed by atoms with Gasteiger partial charge in [-0.1, -0.05) is 0 Å². The minimum absolute atomic E-state index is 0.399. The number of nitro benzene ring substituents is 1. The lowest BCUT2D eigenvalue weighted by Gasteiger charge is -2.23. The van der Waals surface area contributed by atoms with Crippen LogP contribution in [0.25, 0.3) is 0 Å². The summed E-state index contributed by atoms with van der Waals surface area (Å²) in [5, 5.41) is 23.1. The monoisotopic (exact) mass is 464 g/mol. The first kappa shape index (κ1) is 20.9. The van der Waals surface area contributed by atoms with Crippen molar-refractivity contribution in [3.63, 3.8) is 0 Å². The van der Waals surface area contributed by atoms with Crippen molar-refractivity contribution in [2.24, 2.45) is 0 Å². The lowest BCUT2D eigenvalue weighted by Crippen LogP contribution is -2.24. The average Bonchev–Trinajstić information content (AvgIpc) is 2.58. The van der Waals surface area contributed by atoms with E-state index in [9.17, 15) is 45.8 Å². The quantitative estimate of drug-likeness (QED) is 0.369. The summed E-state index contributed by atoms with van der Waals surface area (Å²) < 4.78 is 77.7. The second-order valence-electron chi connectivity index (χ2n) is 5.69. The number of nitrogens with zero attached hydrogens (tertiary/aromatic N) is 2. The molecule has 1 aliphatic rings. The number of nitro groups is 2. The van der Waals surface area contributed by atoms with Crippen molar-refractivity contribution >= 4 is 36.7 Å². The molecule has 1 heterocycles. The number of fused-ring (bicyclic) bond motifs is 2. The van der Waals surface area contributed by atoms with Crippen LogP contribution in [0.2, 0.25) is 0 Å². The van der Waals surface area contributed by atoms with Gasteiger partial charge in [-0.2, -0.15) is 16.8 Å². The van der Waals surface area contributed by atoms with Gasteiger partial charge in [0.25, 0.3) is 32.0 Å². The van der Waals surface area contributed by atoms with Gasteiger partial charge in [-0.15, -0.1) is 0 Å². The van der Waals surface area contributed by atoms with Crippen LogP contribution < -0.4 is 0 Å². The maximum absolute atomic E-state index is 13.0. The van der Waals surface area contributed by atoms with E-state index < -0.39 is 83.3 Å². The third-order valence-corrected chi connectivity index (χ3v) is 7.50. The molecular weight excluding hydrogens is 456 g/mol. The Kier molecular flexibility index (Phi) is 4.79. The fraction of sp³-hybridized carbons (Fsp3) is 0.0769. The van der Waals surface area contributed by atoms with E-state index in [1.54, 1.807) is 0 Å². The van der Waals surface area contributed by atoms with Crippen molar-refractivity contribution in [3.8, 4) is 0 Å². The van der Waals surface area contributed by atoms with E-state index in [1.807, 2.05) is 0 Å². The molecule has 0 fully saturated rings. The Balaban J connectivity index is 2.52. The summed E-state index contributed by atoms with van der Waals surface area (Å²) >= 11 is 0. The van der Waals surface area contributed by atoms with Crippen molar-refractivity contribution in [2.45, 2.75) is 25.6 Å². The predicted molar refractivity (Wildman–Crippen MR) is 92.7 cm³/mol. The van der Waals surface area contributed by atoms with E-state index in [2.05, 4.69) is 0 Å². The maximum atomic E-state index is 13.0. The molecule has 0 bridgehead atoms. The molecule has 16 heteroatoms. The van der Waals surface area contributed by atoms with Crippen LogP contribution in [-0.2, 0) is 31.0 Å². The molecule has 2 unspecified atom stereocenters. The van der Waals surface area contributed by atoms with Crippen molar-refractivity contribution in [1.29, 1.82) is 0 Å². The topological polar surface area (TPSA) is 212 Å². The molecule has 0 aromatic heterocycles.